The van der Waals surface area contributed by atoms with Gasteiger partial charge in [-0.1, -0.05) is 39.8 Å². The van der Waals surface area contributed by atoms with Gasteiger partial charge in [0.05, 0.1) is 0 Å². The van der Waals surface area contributed by atoms with E-state index in [-0.39, 0.29) is 84.7 Å². The van der Waals surface area contributed by atoms with Crippen molar-refractivity contribution in [1.82, 2.24) is 9.80 Å². The largest absolute Gasteiger partial charge is 0.507 e. The Bertz CT molecular complexity index is 2680. The van der Waals surface area contributed by atoms with E-state index in [1.54, 1.807) is 49.6 Å². The summed E-state index contributed by atoms with van der Waals surface area (Å²) in [5, 5.41) is 81.0. The summed E-state index contributed by atoms with van der Waals surface area (Å²) in [6.07, 6.45) is 2.52. The van der Waals surface area contributed by atoms with Gasteiger partial charge in [0.1, 0.15) is 27.0 Å². The second kappa shape index (κ2) is 13.8. The van der Waals surface area contributed by atoms with Crippen molar-refractivity contribution >= 4 is 75.3 Å². The molecule has 4 heterocycles. The normalized spacial score (nSPS) is 24.7. The number of hydrogen-bond donors (Lipinski definition) is 7. The van der Waals surface area contributed by atoms with Gasteiger partial charge in [-0.05, 0) is 68.4 Å². The minimum Gasteiger partial charge on any atom is -0.507 e. The second-order valence-corrected chi connectivity index (χ2v) is 21.2. The molecule has 60 heavy (non-hydrogen) atoms. The van der Waals surface area contributed by atoms with Gasteiger partial charge in [-0.3, -0.25) is 24.4 Å². The molecule has 0 radical (unpaired) electrons. The number of amides is 2. The maximum Gasteiger partial charge on any atom is 0.321 e. The van der Waals surface area contributed by atoms with Crippen molar-refractivity contribution < 1.29 is 50.1 Å². The van der Waals surface area contributed by atoms with E-state index in [0.29, 0.717) is 39.6 Å². The smallest absolute Gasteiger partial charge is 0.321 e. The number of aryl methyl sites for hydroxylation is 2. The lowest BCUT2D eigenvalue weighted by atomic mass is 9.83. The third kappa shape index (κ3) is 5.87. The summed E-state index contributed by atoms with van der Waals surface area (Å²) in [5.74, 6) is -4.92. The second-order valence-electron chi connectivity index (χ2n) is 17.7. The van der Waals surface area contributed by atoms with Crippen LogP contribution in [0.5, 0.6) is 34.5 Å². The van der Waals surface area contributed by atoms with Crippen LogP contribution in [0.1, 0.15) is 93.7 Å². The summed E-state index contributed by atoms with van der Waals surface area (Å²) in [6.45, 7) is 17.0. The first-order valence-corrected chi connectivity index (χ1v) is 21.5. The number of nitrogens with zero attached hydrogens (tertiary/aromatic N) is 4. The molecule has 4 aromatic carbocycles. The number of fused-ring (bicyclic) bond motifs is 4. The van der Waals surface area contributed by atoms with Crippen LogP contribution in [-0.2, 0) is 14.4 Å². The summed E-state index contributed by atoms with van der Waals surface area (Å²) in [7, 11) is 0. The lowest BCUT2D eigenvalue weighted by Crippen LogP contribution is -2.59. The number of thioether (sulfide) groups is 2. The molecule has 14 nitrogen and oxygen atoms in total. The third-order valence-electron chi connectivity index (χ3n) is 12.2. The van der Waals surface area contributed by atoms with Gasteiger partial charge in [0.2, 0.25) is 0 Å². The molecule has 8 rings (SSSR count). The maximum atomic E-state index is 13.2. The quantitative estimate of drug-likeness (QED) is 0.0553. The number of carboxylic acids is 1. The lowest BCUT2D eigenvalue weighted by molar-refractivity contribution is -0.145. The van der Waals surface area contributed by atoms with E-state index in [2.05, 4.69) is 23.8 Å². The fourth-order valence-corrected chi connectivity index (χ4v) is 12.3. The Kier molecular flexibility index (Phi) is 9.55. The van der Waals surface area contributed by atoms with Gasteiger partial charge < -0.3 is 45.5 Å². The van der Waals surface area contributed by atoms with Crippen molar-refractivity contribution in [3.05, 3.63) is 45.5 Å². The van der Waals surface area contributed by atoms with Crippen molar-refractivity contribution in [2.75, 3.05) is 13.1 Å². The molecule has 2 amide bonds. The predicted molar refractivity (Wildman–Crippen MR) is 234 cm³/mol. The highest BCUT2D eigenvalue weighted by molar-refractivity contribution is 8.02. The van der Waals surface area contributed by atoms with Crippen LogP contribution in [0.4, 0.5) is 0 Å². The van der Waals surface area contributed by atoms with Gasteiger partial charge in [-0.15, -0.1) is 23.5 Å². The highest BCUT2D eigenvalue weighted by Gasteiger charge is 2.60. The molecular weight excluding hydrogens is 809 g/mol. The molecule has 5 atom stereocenters. The molecule has 0 saturated carbocycles. The van der Waals surface area contributed by atoms with E-state index >= 15 is 0 Å². The first kappa shape index (κ1) is 41.4. The van der Waals surface area contributed by atoms with E-state index in [9.17, 15) is 50.1 Å². The number of β-lactam (4-membered cyclic amide) rings is 2. The average Bonchev–Trinajstić information content (AvgIpc) is 3.64. The molecule has 4 aliphatic heterocycles. The molecule has 4 saturated heterocycles. The average molecular weight is 857 g/mol. The monoisotopic (exact) mass is 856 g/mol. The molecule has 0 spiro atoms. The van der Waals surface area contributed by atoms with Crippen molar-refractivity contribution in [2.24, 2.45) is 9.98 Å². The zero-order chi connectivity index (χ0) is 43.8. The molecule has 4 fully saturated rings. The summed E-state index contributed by atoms with van der Waals surface area (Å²) in [6, 6.07) is 1.77. The molecule has 0 aromatic heterocycles. The van der Waals surface area contributed by atoms with Gasteiger partial charge in [-0.2, -0.15) is 0 Å². The van der Waals surface area contributed by atoms with Crippen molar-refractivity contribution in [2.45, 2.75) is 106 Å². The predicted octanol–water partition coefficient (Wildman–Crippen LogP) is 6.78. The SMILES string of the molecule is Cc1cc2c(C(C)C)c(O)c(O)c(C=NC3C(=O)N4CC(C)(C)SC34)c2c(O)c1-c1c(C)cc2c(C(C)C)c(O)c(O)c(C=NC3C(=O)N4CC(C)(C(=O)O)SC34)c2c1O. The zero-order valence-electron chi connectivity index (χ0n) is 34.6. The highest BCUT2D eigenvalue weighted by Crippen LogP contribution is 2.55. The summed E-state index contributed by atoms with van der Waals surface area (Å²) >= 11 is 2.73. The zero-order valence-corrected chi connectivity index (χ0v) is 36.3. The minimum atomic E-state index is -1.22. The van der Waals surface area contributed by atoms with Crippen LogP contribution < -0.4 is 0 Å². The first-order chi connectivity index (χ1) is 28.0. The van der Waals surface area contributed by atoms with E-state index in [1.165, 1.54) is 17.3 Å². The Hall–Kier alpha value is -5.35. The van der Waals surface area contributed by atoms with E-state index in [0.717, 1.165) is 11.8 Å². The van der Waals surface area contributed by atoms with E-state index in [4.69, 9.17) is 0 Å². The standard InChI is InChI=1S/C44H48N4O10S2/c1-16(2)24-20-10-18(5)26(34(51)28(20)22(32(49)36(24)53)12-45-30-38(55)47-14-43(7,8)59-40(30)47)27-19(6)11-21-25(17(3)4)37(54)33(50)23(29(21)35(27)52)13-46-31-39(56)48-15-44(9,42(57)58)60-41(31)48/h10-13,16-17,30-31,40-41,49-54H,14-15H2,1-9H3,(H,57,58). The molecule has 0 bridgehead atoms. The van der Waals surface area contributed by atoms with Crippen LogP contribution in [0.25, 0.3) is 32.7 Å². The van der Waals surface area contributed by atoms with Gasteiger partial charge in [0.25, 0.3) is 11.8 Å². The summed E-state index contributed by atoms with van der Waals surface area (Å²) in [5.41, 5.74) is 1.92. The van der Waals surface area contributed by atoms with Crippen LogP contribution in [-0.4, -0.2) is 121 Å². The van der Waals surface area contributed by atoms with Gasteiger partial charge >= 0.3 is 5.97 Å². The number of phenolic OH excluding ortho intramolecular Hbond substituents is 6. The number of rotatable bonds is 8. The minimum absolute atomic E-state index is 0.0114. The Morgan fingerprint density at radius 3 is 1.48 bits per heavy atom. The Morgan fingerprint density at radius 1 is 0.683 bits per heavy atom. The molecule has 4 aromatic rings. The topological polar surface area (TPSA) is 224 Å². The van der Waals surface area contributed by atoms with Crippen molar-refractivity contribution in [3.8, 4) is 45.6 Å². The van der Waals surface area contributed by atoms with E-state index in [1.807, 2.05) is 27.7 Å². The summed E-state index contributed by atoms with van der Waals surface area (Å²) < 4.78 is -1.38. The molecule has 16 heteroatoms. The third-order valence-corrected chi connectivity index (χ3v) is 15.3. The Balaban J connectivity index is 1.33. The molecule has 0 aliphatic carbocycles. The highest BCUT2D eigenvalue weighted by atomic mass is 32.2. The fourth-order valence-electron chi connectivity index (χ4n) is 9.33. The number of aliphatic imine (C=N–C) groups is 2. The number of carboxylic acid groups (broad SMARTS) is 1. The molecule has 4 aliphatic rings. The maximum absolute atomic E-state index is 13.2. The van der Waals surface area contributed by atoms with Crippen LogP contribution in [0.15, 0.2) is 22.1 Å². The molecule has 7 N–H and O–H groups in total. The van der Waals surface area contributed by atoms with Crippen molar-refractivity contribution in [1.29, 1.82) is 0 Å². The summed E-state index contributed by atoms with van der Waals surface area (Å²) in [4.78, 5) is 50.6. The number of aromatic hydroxyl groups is 6. The van der Waals surface area contributed by atoms with Crippen LogP contribution in [0, 0.1) is 13.8 Å². The number of hydrogen-bond acceptors (Lipinski definition) is 13. The first-order valence-electron chi connectivity index (χ1n) is 19.8. The Morgan fingerprint density at radius 2 is 1.08 bits per heavy atom. The molecule has 5 unspecified atom stereocenters. The van der Waals surface area contributed by atoms with Crippen LogP contribution >= 0.6 is 23.5 Å². The number of phenols is 6. The van der Waals surface area contributed by atoms with Gasteiger partial charge in [-0.25, -0.2) is 0 Å². The Labute approximate surface area is 354 Å². The number of carbonyl (C=O) groups excluding carboxylic acids is 2. The van der Waals surface area contributed by atoms with Gasteiger partial charge in [0.15, 0.2) is 35.1 Å². The van der Waals surface area contributed by atoms with E-state index < -0.39 is 51.3 Å². The molecule has 316 valence electrons. The number of aliphatic carboxylic acids is 1. The van der Waals surface area contributed by atoms with Crippen LogP contribution in [0.3, 0.4) is 0 Å². The molecular formula is C44H48N4O10S2. The number of benzene rings is 4. The van der Waals surface area contributed by atoms with Gasteiger partial charge in [0, 0.05) is 74.4 Å². The van der Waals surface area contributed by atoms with Crippen LogP contribution in [0.2, 0.25) is 0 Å². The van der Waals surface area contributed by atoms with Crippen molar-refractivity contribution in [3.63, 3.8) is 0 Å². The fraction of sp³-hybridized carbons (Fsp3) is 0.432. The lowest BCUT2D eigenvalue weighted by Gasteiger charge is -2.39. The number of carbonyl (C=O) groups is 3.